The molecule has 0 spiro atoms. The van der Waals surface area contributed by atoms with Crippen LogP contribution in [-0.4, -0.2) is 17.0 Å². The van der Waals surface area contributed by atoms with E-state index < -0.39 is 5.97 Å². The van der Waals surface area contributed by atoms with Crippen LogP contribution in [0, 0.1) is 18.8 Å². The van der Waals surface area contributed by atoms with Gasteiger partial charge in [0, 0.05) is 5.56 Å². The Morgan fingerprint density at radius 1 is 1.57 bits per heavy atom. The molecular weight excluding hydrogens is 200 g/mol. The Hall–Kier alpha value is -1.46. The summed E-state index contributed by atoms with van der Waals surface area (Å²) in [5.41, 5.74) is 1.47. The van der Waals surface area contributed by atoms with Crippen LogP contribution in [0.4, 0.5) is 0 Å². The molecule has 0 bridgehead atoms. The maximum atomic E-state index is 10.9. The van der Waals surface area contributed by atoms with E-state index in [2.05, 4.69) is 11.8 Å². The molecule has 1 aromatic carbocycles. The minimum Gasteiger partial charge on any atom is -0.478 e. The Morgan fingerprint density at radius 2 is 2.29 bits per heavy atom. The maximum absolute atomic E-state index is 10.9. The lowest BCUT2D eigenvalue weighted by atomic mass is 10.0. The first-order valence-electron chi connectivity index (χ1n) is 4.04. The standard InChI is InChI=1S/C11H9ClO2/c1-8-4-2-5-9(6-3-7-12)10(8)11(13)14/h2,4-5H,7H2,1H3,(H,13,14). The molecule has 3 heteroatoms. The van der Waals surface area contributed by atoms with Gasteiger partial charge in [-0.15, -0.1) is 11.6 Å². The summed E-state index contributed by atoms with van der Waals surface area (Å²) in [5, 5.41) is 8.95. The van der Waals surface area contributed by atoms with Gasteiger partial charge in [-0.2, -0.15) is 0 Å². The molecule has 1 rings (SSSR count). The largest absolute Gasteiger partial charge is 0.478 e. The predicted molar refractivity (Wildman–Crippen MR) is 55.7 cm³/mol. The van der Waals surface area contributed by atoms with Crippen LogP contribution in [0.25, 0.3) is 0 Å². The van der Waals surface area contributed by atoms with Gasteiger partial charge in [0.1, 0.15) is 0 Å². The lowest BCUT2D eigenvalue weighted by Gasteiger charge is -2.02. The molecule has 2 nitrogen and oxygen atoms in total. The van der Waals surface area contributed by atoms with E-state index in [4.69, 9.17) is 16.7 Å². The van der Waals surface area contributed by atoms with Crippen LogP contribution >= 0.6 is 11.6 Å². The van der Waals surface area contributed by atoms with Gasteiger partial charge in [0.25, 0.3) is 0 Å². The maximum Gasteiger partial charge on any atom is 0.337 e. The molecule has 0 atom stereocenters. The predicted octanol–water partition coefficient (Wildman–Crippen LogP) is 2.28. The van der Waals surface area contributed by atoms with Crippen molar-refractivity contribution in [1.82, 2.24) is 0 Å². The topological polar surface area (TPSA) is 37.3 Å². The Morgan fingerprint density at radius 3 is 2.86 bits per heavy atom. The van der Waals surface area contributed by atoms with Gasteiger partial charge in [0.15, 0.2) is 0 Å². The Labute approximate surface area is 87.5 Å². The van der Waals surface area contributed by atoms with Crippen molar-refractivity contribution < 1.29 is 9.90 Å². The van der Waals surface area contributed by atoms with Crippen molar-refractivity contribution >= 4 is 17.6 Å². The van der Waals surface area contributed by atoms with Crippen LogP contribution in [-0.2, 0) is 0 Å². The van der Waals surface area contributed by atoms with Crippen molar-refractivity contribution in [2.45, 2.75) is 6.92 Å². The Kier molecular flexibility index (Phi) is 3.55. The Balaban J connectivity index is 3.28. The number of carbonyl (C=O) groups is 1. The van der Waals surface area contributed by atoms with Crippen molar-refractivity contribution in [3.8, 4) is 11.8 Å². The lowest BCUT2D eigenvalue weighted by Crippen LogP contribution is -2.02. The van der Waals surface area contributed by atoms with Crippen molar-refractivity contribution in [2.75, 3.05) is 5.88 Å². The average molecular weight is 209 g/mol. The van der Waals surface area contributed by atoms with Crippen molar-refractivity contribution in [1.29, 1.82) is 0 Å². The van der Waals surface area contributed by atoms with Gasteiger partial charge in [0.2, 0.25) is 0 Å². The molecule has 0 saturated heterocycles. The number of alkyl halides is 1. The molecule has 1 N–H and O–H groups in total. The fourth-order valence-corrected chi connectivity index (χ4v) is 1.25. The molecule has 0 fully saturated rings. The number of carboxylic acid groups (broad SMARTS) is 1. The molecule has 14 heavy (non-hydrogen) atoms. The summed E-state index contributed by atoms with van der Waals surface area (Å²) in [5.74, 6) is 4.61. The number of aryl methyl sites for hydroxylation is 1. The van der Waals surface area contributed by atoms with E-state index >= 15 is 0 Å². The first-order chi connectivity index (χ1) is 6.66. The summed E-state index contributed by atoms with van der Waals surface area (Å²) >= 11 is 5.40. The highest BCUT2D eigenvalue weighted by atomic mass is 35.5. The van der Waals surface area contributed by atoms with Gasteiger partial charge >= 0.3 is 5.97 Å². The van der Waals surface area contributed by atoms with E-state index in [1.54, 1.807) is 25.1 Å². The molecule has 0 aliphatic carbocycles. The molecule has 0 aliphatic heterocycles. The minimum atomic E-state index is -0.957. The third kappa shape index (κ3) is 2.27. The van der Waals surface area contributed by atoms with E-state index in [1.165, 1.54) is 0 Å². The molecule has 0 heterocycles. The van der Waals surface area contributed by atoms with Gasteiger partial charge in [0.05, 0.1) is 11.4 Å². The smallest absolute Gasteiger partial charge is 0.337 e. The summed E-state index contributed by atoms with van der Waals surface area (Å²) in [7, 11) is 0. The summed E-state index contributed by atoms with van der Waals surface area (Å²) in [4.78, 5) is 10.9. The number of aromatic carboxylic acids is 1. The summed E-state index contributed by atoms with van der Waals surface area (Å²) in [6.45, 7) is 1.75. The molecule has 1 aromatic rings. The van der Waals surface area contributed by atoms with E-state index in [1.807, 2.05) is 0 Å². The van der Waals surface area contributed by atoms with Gasteiger partial charge in [-0.25, -0.2) is 4.79 Å². The fraction of sp³-hybridized carbons (Fsp3) is 0.182. The lowest BCUT2D eigenvalue weighted by molar-refractivity contribution is 0.0696. The molecular formula is C11H9ClO2. The zero-order valence-electron chi connectivity index (χ0n) is 7.67. The van der Waals surface area contributed by atoms with Crippen LogP contribution in [0.15, 0.2) is 18.2 Å². The summed E-state index contributed by atoms with van der Waals surface area (Å²) < 4.78 is 0. The SMILES string of the molecule is Cc1cccc(C#CCCl)c1C(=O)O. The third-order valence-corrected chi connectivity index (χ3v) is 1.91. The number of hydrogen-bond acceptors (Lipinski definition) is 1. The van der Waals surface area contributed by atoms with E-state index in [-0.39, 0.29) is 11.4 Å². The fourth-order valence-electron chi connectivity index (χ4n) is 1.18. The summed E-state index contributed by atoms with van der Waals surface area (Å²) in [6.07, 6.45) is 0. The molecule has 72 valence electrons. The molecule has 0 radical (unpaired) electrons. The second-order valence-corrected chi connectivity index (χ2v) is 3.01. The third-order valence-electron chi connectivity index (χ3n) is 1.78. The van der Waals surface area contributed by atoms with Crippen LogP contribution in [0.5, 0.6) is 0 Å². The van der Waals surface area contributed by atoms with Crippen molar-refractivity contribution in [3.05, 3.63) is 34.9 Å². The molecule has 0 aliphatic rings. The number of rotatable bonds is 1. The van der Waals surface area contributed by atoms with E-state index in [0.717, 1.165) is 0 Å². The summed E-state index contributed by atoms with van der Waals surface area (Å²) in [6, 6.07) is 5.20. The first-order valence-corrected chi connectivity index (χ1v) is 4.58. The number of benzene rings is 1. The van der Waals surface area contributed by atoms with Crippen LogP contribution in [0.1, 0.15) is 21.5 Å². The zero-order chi connectivity index (χ0) is 10.6. The Bertz CT molecular complexity index is 413. The van der Waals surface area contributed by atoms with Crippen molar-refractivity contribution in [3.63, 3.8) is 0 Å². The van der Waals surface area contributed by atoms with Crippen molar-refractivity contribution in [2.24, 2.45) is 0 Å². The highest BCUT2D eigenvalue weighted by Crippen LogP contribution is 2.12. The first kappa shape index (κ1) is 10.6. The number of halogens is 1. The highest BCUT2D eigenvalue weighted by Gasteiger charge is 2.10. The number of carboxylic acids is 1. The second kappa shape index (κ2) is 4.69. The monoisotopic (exact) mass is 208 g/mol. The van der Waals surface area contributed by atoms with Crippen LogP contribution in [0.2, 0.25) is 0 Å². The molecule has 0 amide bonds. The van der Waals surface area contributed by atoms with Gasteiger partial charge in [-0.3, -0.25) is 0 Å². The normalized spacial score (nSPS) is 9.00. The quantitative estimate of drug-likeness (QED) is 0.568. The highest BCUT2D eigenvalue weighted by molar-refractivity contribution is 6.19. The number of hydrogen-bond donors (Lipinski definition) is 1. The molecule has 0 unspecified atom stereocenters. The minimum absolute atomic E-state index is 0.201. The van der Waals surface area contributed by atoms with E-state index in [9.17, 15) is 4.79 Å². The average Bonchev–Trinajstić information content (AvgIpc) is 2.14. The second-order valence-electron chi connectivity index (χ2n) is 2.74. The van der Waals surface area contributed by atoms with E-state index in [0.29, 0.717) is 11.1 Å². The van der Waals surface area contributed by atoms with Crippen LogP contribution in [0.3, 0.4) is 0 Å². The van der Waals surface area contributed by atoms with Gasteiger partial charge in [-0.05, 0) is 18.6 Å². The van der Waals surface area contributed by atoms with Crippen LogP contribution < -0.4 is 0 Å². The molecule has 0 aromatic heterocycles. The van der Waals surface area contributed by atoms with Gasteiger partial charge < -0.3 is 5.11 Å². The van der Waals surface area contributed by atoms with Gasteiger partial charge in [-0.1, -0.05) is 24.0 Å². The zero-order valence-corrected chi connectivity index (χ0v) is 8.43. The molecule has 0 saturated carbocycles.